The lowest BCUT2D eigenvalue weighted by atomic mass is 10.0. The second-order valence-electron chi connectivity index (χ2n) is 7.75. The van der Waals surface area contributed by atoms with Crippen molar-refractivity contribution >= 4 is 11.7 Å². The normalized spacial score (nSPS) is 15.3. The van der Waals surface area contributed by atoms with Crippen LogP contribution in [0.3, 0.4) is 0 Å². The number of benzene rings is 1. The van der Waals surface area contributed by atoms with Gasteiger partial charge in [0.2, 0.25) is 0 Å². The highest BCUT2D eigenvalue weighted by atomic mass is 16.2. The zero-order valence-electron chi connectivity index (χ0n) is 17.1. The quantitative estimate of drug-likeness (QED) is 0.832. The lowest BCUT2D eigenvalue weighted by Crippen LogP contribution is -2.49. The van der Waals surface area contributed by atoms with Gasteiger partial charge < -0.3 is 9.80 Å². The van der Waals surface area contributed by atoms with Crippen molar-refractivity contribution in [3.05, 3.63) is 47.7 Å². The number of carbonyl (C=O) groups is 1. The van der Waals surface area contributed by atoms with Crippen molar-refractivity contribution in [2.45, 2.75) is 26.8 Å². The van der Waals surface area contributed by atoms with Gasteiger partial charge in [-0.3, -0.25) is 9.69 Å². The van der Waals surface area contributed by atoms with Crippen LogP contribution in [-0.2, 0) is 0 Å². The topological polar surface area (TPSA) is 39.7 Å². The van der Waals surface area contributed by atoms with E-state index in [1.54, 1.807) is 19.0 Å². The van der Waals surface area contributed by atoms with E-state index in [0.29, 0.717) is 11.6 Å². The maximum absolute atomic E-state index is 12.0. The van der Waals surface area contributed by atoms with Crippen LogP contribution >= 0.6 is 0 Å². The molecular formula is C22H30N4O. The van der Waals surface area contributed by atoms with Gasteiger partial charge in [0.1, 0.15) is 5.82 Å². The van der Waals surface area contributed by atoms with Crippen LogP contribution in [0.15, 0.2) is 36.5 Å². The second-order valence-corrected chi connectivity index (χ2v) is 7.75. The van der Waals surface area contributed by atoms with E-state index in [1.807, 2.05) is 30.5 Å². The molecule has 0 saturated carbocycles. The number of aryl methyl sites for hydroxylation is 1. The number of hydrogen-bond donors (Lipinski definition) is 0. The minimum atomic E-state index is 0.0206. The molecule has 0 unspecified atom stereocenters. The fourth-order valence-corrected chi connectivity index (χ4v) is 3.53. The summed E-state index contributed by atoms with van der Waals surface area (Å²) in [4.78, 5) is 23.2. The second kappa shape index (κ2) is 8.09. The summed E-state index contributed by atoms with van der Waals surface area (Å²) in [6.07, 6.45) is 1.96. The van der Waals surface area contributed by atoms with Gasteiger partial charge in [0.25, 0.3) is 5.91 Å². The molecule has 1 aliphatic heterocycles. The first-order valence-electron chi connectivity index (χ1n) is 9.64. The van der Waals surface area contributed by atoms with E-state index in [1.165, 1.54) is 5.56 Å². The van der Waals surface area contributed by atoms with E-state index >= 15 is 0 Å². The third-order valence-electron chi connectivity index (χ3n) is 5.31. The molecule has 3 rings (SSSR count). The van der Waals surface area contributed by atoms with Gasteiger partial charge >= 0.3 is 0 Å². The number of aromatic nitrogens is 1. The van der Waals surface area contributed by atoms with Crippen LogP contribution in [-0.4, -0.2) is 67.0 Å². The number of anilines is 1. The molecule has 5 heteroatoms. The number of carbonyl (C=O) groups excluding carboxylic acids is 1. The Morgan fingerprint density at radius 3 is 2.22 bits per heavy atom. The molecule has 2 aromatic rings. The minimum absolute atomic E-state index is 0.0206. The Morgan fingerprint density at radius 2 is 1.70 bits per heavy atom. The largest absolute Gasteiger partial charge is 0.354 e. The van der Waals surface area contributed by atoms with Gasteiger partial charge in [0.15, 0.2) is 0 Å². The maximum Gasteiger partial charge on any atom is 0.253 e. The highest BCUT2D eigenvalue weighted by Crippen LogP contribution is 2.26. The molecule has 1 amide bonds. The van der Waals surface area contributed by atoms with E-state index in [0.717, 1.165) is 43.1 Å². The third kappa shape index (κ3) is 4.30. The van der Waals surface area contributed by atoms with Gasteiger partial charge in [-0.15, -0.1) is 0 Å². The molecule has 0 radical (unpaired) electrons. The molecule has 1 aliphatic rings. The summed E-state index contributed by atoms with van der Waals surface area (Å²) in [5.74, 6) is 1.08. The van der Waals surface area contributed by atoms with Gasteiger partial charge in [-0.25, -0.2) is 4.98 Å². The van der Waals surface area contributed by atoms with Crippen LogP contribution in [0.5, 0.6) is 0 Å². The van der Waals surface area contributed by atoms with Gasteiger partial charge in [0.05, 0.1) is 0 Å². The molecular weight excluding hydrogens is 336 g/mol. The smallest absolute Gasteiger partial charge is 0.253 e. The summed E-state index contributed by atoms with van der Waals surface area (Å²) in [7, 11) is 3.54. The van der Waals surface area contributed by atoms with E-state index in [-0.39, 0.29) is 5.91 Å². The van der Waals surface area contributed by atoms with Crippen molar-refractivity contribution in [1.82, 2.24) is 14.8 Å². The summed E-state index contributed by atoms with van der Waals surface area (Å²) < 4.78 is 0. The van der Waals surface area contributed by atoms with Crippen molar-refractivity contribution in [3.63, 3.8) is 0 Å². The Morgan fingerprint density at radius 1 is 1.07 bits per heavy atom. The standard InChI is InChI=1S/C22H30N4O/c1-16(2)25-10-12-26(13-11-25)21-14-17(3)20(15-23-21)18-6-8-19(9-7-18)22(27)24(4)5/h6-9,14-16H,10-13H2,1-5H3. The lowest BCUT2D eigenvalue weighted by molar-refractivity contribution is 0.0827. The first-order valence-corrected chi connectivity index (χ1v) is 9.64. The van der Waals surface area contributed by atoms with Crippen molar-refractivity contribution in [3.8, 4) is 11.1 Å². The van der Waals surface area contributed by atoms with Crippen LogP contribution in [0.1, 0.15) is 29.8 Å². The van der Waals surface area contributed by atoms with Gasteiger partial charge in [-0.1, -0.05) is 12.1 Å². The van der Waals surface area contributed by atoms with E-state index in [9.17, 15) is 4.79 Å². The highest BCUT2D eigenvalue weighted by molar-refractivity contribution is 5.94. The third-order valence-corrected chi connectivity index (χ3v) is 5.31. The molecule has 1 fully saturated rings. The van der Waals surface area contributed by atoms with Gasteiger partial charge in [-0.05, 0) is 50.1 Å². The number of pyridine rings is 1. The molecule has 1 saturated heterocycles. The average Bonchev–Trinajstić information content (AvgIpc) is 2.67. The van der Waals surface area contributed by atoms with Crippen molar-refractivity contribution in [2.75, 3.05) is 45.2 Å². The van der Waals surface area contributed by atoms with Gasteiger partial charge in [0, 0.05) is 63.6 Å². The number of hydrogen-bond acceptors (Lipinski definition) is 4. The number of piperazine rings is 1. The van der Waals surface area contributed by atoms with E-state index in [2.05, 4.69) is 36.6 Å². The lowest BCUT2D eigenvalue weighted by Gasteiger charge is -2.37. The molecule has 0 atom stereocenters. The van der Waals surface area contributed by atoms with E-state index in [4.69, 9.17) is 4.98 Å². The number of amides is 1. The van der Waals surface area contributed by atoms with Crippen molar-refractivity contribution < 1.29 is 4.79 Å². The van der Waals surface area contributed by atoms with Crippen LogP contribution in [0.2, 0.25) is 0 Å². The summed E-state index contributed by atoms with van der Waals surface area (Å²) in [6.45, 7) is 10.8. The molecule has 27 heavy (non-hydrogen) atoms. The predicted octanol–water partition coefficient (Wildman–Crippen LogP) is 3.29. The highest BCUT2D eigenvalue weighted by Gasteiger charge is 2.20. The van der Waals surface area contributed by atoms with Crippen LogP contribution in [0.4, 0.5) is 5.82 Å². The first-order chi connectivity index (χ1) is 12.9. The van der Waals surface area contributed by atoms with Crippen LogP contribution in [0.25, 0.3) is 11.1 Å². The van der Waals surface area contributed by atoms with Crippen LogP contribution < -0.4 is 4.90 Å². The molecule has 0 bridgehead atoms. The average molecular weight is 367 g/mol. The Bertz CT molecular complexity index is 790. The molecule has 144 valence electrons. The summed E-state index contributed by atoms with van der Waals surface area (Å²) in [5.41, 5.74) is 4.11. The molecule has 0 aliphatic carbocycles. The minimum Gasteiger partial charge on any atom is -0.354 e. The number of nitrogens with zero attached hydrogens (tertiary/aromatic N) is 4. The molecule has 2 heterocycles. The summed E-state index contributed by atoms with van der Waals surface area (Å²) >= 11 is 0. The van der Waals surface area contributed by atoms with Gasteiger partial charge in [-0.2, -0.15) is 0 Å². The monoisotopic (exact) mass is 366 g/mol. The summed E-state index contributed by atoms with van der Waals surface area (Å²) in [6, 6.07) is 10.6. The van der Waals surface area contributed by atoms with E-state index < -0.39 is 0 Å². The Kier molecular flexibility index (Phi) is 5.80. The molecule has 1 aromatic heterocycles. The van der Waals surface area contributed by atoms with Crippen molar-refractivity contribution in [2.24, 2.45) is 0 Å². The zero-order chi connectivity index (χ0) is 19.6. The molecule has 0 spiro atoms. The Hall–Kier alpha value is -2.40. The Labute approximate surface area is 162 Å². The van der Waals surface area contributed by atoms with Crippen LogP contribution in [0, 0.1) is 6.92 Å². The SMILES string of the molecule is Cc1cc(N2CCN(C(C)C)CC2)ncc1-c1ccc(C(=O)N(C)C)cc1. The fraction of sp³-hybridized carbons (Fsp3) is 0.455. The maximum atomic E-state index is 12.0. The van der Waals surface area contributed by atoms with Crippen molar-refractivity contribution in [1.29, 1.82) is 0 Å². The fourth-order valence-electron chi connectivity index (χ4n) is 3.53. The molecule has 0 N–H and O–H groups in total. The summed E-state index contributed by atoms with van der Waals surface area (Å²) in [5, 5.41) is 0. The molecule has 1 aromatic carbocycles. The zero-order valence-corrected chi connectivity index (χ0v) is 17.1. The molecule has 5 nitrogen and oxygen atoms in total. The Balaban J connectivity index is 1.74. The predicted molar refractivity (Wildman–Crippen MR) is 111 cm³/mol. The number of rotatable bonds is 4. The first kappa shape index (κ1) is 19.4.